The van der Waals surface area contributed by atoms with Gasteiger partial charge in [-0.15, -0.1) is 11.3 Å². The Kier molecular flexibility index (Phi) is 4.02. The molecule has 0 atom stereocenters. The molecule has 0 radical (unpaired) electrons. The highest BCUT2D eigenvalue weighted by Crippen LogP contribution is 2.34. The maximum Gasteiger partial charge on any atom is 0.124 e. The molecule has 2 nitrogen and oxygen atoms in total. The van der Waals surface area contributed by atoms with Gasteiger partial charge in [0.1, 0.15) is 10.8 Å². The van der Waals surface area contributed by atoms with E-state index in [9.17, 15) is 0 Å². The summed E-state index contributed by atoms with van der Waals surface area (Å²) in [6, 6.07) is 18.5. The van der Waals surface area contributed by atoms with Crippen molar-refractivity contribution in [2.75, 3.05) is 7.11 Å². The molecule has 21 heavy (non-hydrogen) atoms. The molecule has 0 bridgehead atoms. The van der Waals surface area contributed by atoms with Crippen molar-refractivity contribution in [3.8, 4) is 27.6 Å². The Morgan fingerprint density at radius 2 is 1.67 bits per heavy atom. The predicted molar refractivity (Wildman–Crippen MR) is 88.9 cm³/mol. The molecule has 0 saturated carbocycles. The van der Waals surface area contributed by atoms with E-state index in [1.54, 1.807) is 18.4 Å². The zero-order valence-corrected chi connectivity index (χ0v) is 13.0. The molecule has 0 unspecified atom stereocenters. The quantitative estimate of drug-likeness (QED) is 0.672. The van der Waals surface area contributed by atoms with Gasteiger partial charge in [-0.2, -0.15) is 0 Å². The van der Waals surface area contributed by atoms with Crippen LogP contribution in [0.25, 0.3) is 21.8 Å². The van der Waals surface area contributed by atoms with E-state index in [1.807, 2.05) is 18.2 Å². The van der Waals surface area contributed by atoms with E-state index in [0.29, 0.717) is 0 Å². The second kappa shape index (κ2) is 6.10. The van der Waals surface area contributed by atoms with Gasteiger partial charge in [0.2, 0.25) is 0 Å². The molecular weight excluding hydrogens is 278 g/mol. The lowest BCUT2D eigenvalue weighted by Crippen LogP contribution is -1.84. The zero-order valence-electron chi connectivity index (χ0n) is 12.2. The molecule has 0 aliphatic rings. The van der Waals surface area contributed by atoms with Gasteiger partial charge >= 0.3 is 0 Å². The van der Waals surface area contributed by atoms with Gasteiger partial charge in [-0.1, -0.05) is 37.3 Å². The number of benzene rings is 2. The third-order valence-corrected chi connectivity index (χ3v) is 4.65. The first-order valence-electron chi connectivity index (χ1n) is 7.01. The molecule has 3 rings (SSSR count). The van der Waals surface area contributed by atoms with Crippen molar-refractivity contribution in [2.24, 2.45) is 0 Å². The molecular formula is C18H17NOS. The molecule has 106 valence electrons. The van der Waals surface area contributed by atoms with Crippen molar-refractivity contribution in [1.29, 1.82) is 0 Å². The fourth-order valence-corrected chi connectivity index (χ4v) is 3.30. The summed E-state index contributed by atoms with van der Waals surface area (Å²) in [5, 5.41) is 1.06. The van der Waals surface area contributed by atoms with Crippen LogP contribution in [0.4, 0.5) is 0 Å². The van der Waals surface area contributed by atoms with Crippen molar-refractivity contribution in [3.05, 3.63) is 59.5 Å². The van der Waals surface area contributed by atoms with Crippen LogP contribution in [0.1, 0.15) is 11.8 Å². The number of thiazole rings is 1. The fraction of sp³-hybridized carbons (Fsp3) is 0.167. The zero-order chi connectivity index (χ0) is 14.7. The summed E-state index contributed by atoms with van der Waals surface area (Å²) >= 11 is 1.77. The minimum absolute atomic E-state index is 0.870. The minimum Gasteiger partial charge on any atom is -0.497 e. The minimum atomic E-state index is 0.870. The number of methoxy groups -OCH3 is 1. The average Bonchev–Trinajstić information content (AvgIpc) is 3.00. The Labute approximate surface area is 129 Å². The summed E-state index contributed by atoms with van der Waals surface area (Å²) in [5.74, 6) is 0.870. The second-order valence-corrected chi connectivity index (χ2v) is 5.82. The summed E-state index contributed by atoms with van der Waals surface area (Å²) < 4.78 is 5.21. The molecule has 3 heteroatoms. The van der Waals surface area contributed by atoms with Gasteiger partial charge in [0.15, 0.2) is 0 Å². The second-order valence-electron chi connectivity index (χ2n) is 4.74. The first-order chi connectivity index (χ1) is 10.3. The van der Waals surface area contributed by atoms with E-state index < -0.39 is 0 Å². The number of rotatable bonds is 4. The smallest absolute Gasteiger partial charge is 0.124 e. The summed E-state index contributed by atoms with van der Waals surface area (Å²) in [7, 11) is 1.68. The van der Waals surface area contributed by atoms with E-state index >= 15 is 0 Å². The van der Waals surface area contributed by atoms with Gasteiger partial charge < -0.3 is 4.74 Å². The maximum atomic E-state index is 5.21. The third-order valence-electron chi connectivity index (χ3n) is 3.40. The van der Waals surface area contributed by atoms with Crippen LogP contribution in [0, 0.1) is 0 Å². The number of aromatic nitrogens is 1. The molecule has 0 aliphatic heterocycles. The summed E-state index contributed by atoms with van der Waals surface area (Å²) in [5.41, 5.74) is 3.43. The van der Waals surface area contributed by atoms with Crippen LogP contribution in [-0.4, -0.2) is 12.1 Å². The van der Waals surface area contributed by atoms with Crippen molar-refractivity contribution < 1.29 is 4.74 Å². The number of hydrogen-bond acceptors (Lipinski definition) is 3. The first-order valence-corrected chi connectivity index (χ1v) is 7.83. The molecule has 0 saturated heterocycles. The Morgan fingerprint density at radius 1 is 0.952 bits per heavy atom. The summed E-state index contributed by atoms with van der Waals surface area (Å²) in [4.78, 5) is 6.18. The van der Waals surface area contributed by atoms with E-state index in [4.69, 9.17) is 9.72 Å². The van der Waals surface area contributed by atoms with Gasteiger partial charge in [0, 0.05) is 16.0 Å². The number of nitrogens with zero attached hydrogens (tertiary/aromatic N) is 1. The van der Waals surface area contributed by atoms with E-state index in [-0.39, 0.29) is 0 Å². The highest BCUT2D eigenvalue weighted by Gasteiger charge is 2.12. The normalized spacial score (nSPS) is 10.6. The van der Waals surface area contributed by atoms with Crippen molar-refractivity contribution >= 4 is 11.3 Å². The maximum absolute atomic E-state index is 5.21. The first kappa shape index (κ1) is 13.8. The Balaban J connectivity index is 2.02. The molecule has 0 spiro atoms. The van der Waals surface area contributed by atoms with Crippen molar-refractivity contribution in [3.63, 3.8) is 0 Å². The SMILES string of the molecule is CCc1sc(-c2ccc(OC)cc2)nc1-c1ccccc1. The van der Waals surface area contributed by atoms with Crippen LogP contribution in [0.3, 0.4) is 0 Å². The molecule has 3 aromatic rings. The van der Waals surface area contributed by atoms with Gasteiger partial charge in [-0.05, 0) is 30.7 Å². The van der Waals surface area contributed by atoms with Crippen LogP contribution >= 0.6 is 11.3 Å². The van der Waals surface area contributed by atoms with E-state index in [2.05, 4.69) is 43.3 Å². The topological polar surface area (TPSA) is 22.1 Å². The van der Waals surface area contributed by atoms with Crippen LogP contribution < -0.4 is 4.74 Å². The molecule has 1 heterocycles. The van der Waals surface area contributed by atoms with Gasteiger partial charge in [0.25, 0.3) is 0 Å². The van der Waals surface area contributed by atoms with Crippen LogP contribution in [0.2, 0.25) is 0 Å². The highest BCUT2D eigenvalue weighted by molar-refractivity contribution is 7.15. The number of hydrogen-bond donors (Lipinski definition) is 0. The molecule has 2 aromatic carbocycles. The Bertz CT molecular complexity index is 717. The predicted octanol–water partition coefficient (Wildman–Crippen LogP) is 5.05. The van der Waals surface area contributed by atoms with Crippen LogP contribution in [0.5, 0.6) is 5.75 Å². The largest absolute Gasteiger partial charge is 0.497 e. The average molecular weight is 295 g/mol. The fourth-order valence-electron chi connectivity index (χ4n) is 2.27. The molecule has 0 aliphatic carbocycles. The third kappa shape index (κ3) is 2.83. The monoisotopic (exact) mass is 295 g/mol. The van der Waals surface area contributed by atoms with Crippen LogP contribution in [-0.2, 0) is 6.42 Å². The molecule has 0 fully saturated rings. The van der Waals surface area contributed by atoms with Gasteiger partial charge in [0.05, 0.1) is 12.8 Å². The van der Waals surface area contributed by atoms with Crippen molar-refractivity contribution in [1.82, 2.24) is 4.98 Å². The summed E-state index contributed by atoms with van der Waals surface area (Å²) in [6.07, 6.45) is 0.998. The molecule has 0 N–H and O–H groups in total. The van der Waals surface area contributed by atoms with Crippen molar-refractivity contribution in [2.45, 2.75) is 13.3 Å². The lowest BCUT2D eigenvalue weighted by Gasteiger charge is -2.00. The Morgan fingerprint density at radius 3 is 2.29 bits per heavy atom. The number of ether oxygens (including phenoxy) is 1. The lowest BCUT2D eigenvalue weighted by atomic mass is 10.1. The number of aryl methyl sites for hydroxylation is 1. The van der Waals surface area contributed by atoms with E-state index in [1.165, 1.54) is 10.4 Å². The Hall–Kier alpha value is -2.13. The molecule has 1 aromatic heterocycles. The lowest BCUT2D eigenvalue weighted by molar-refractivity contribution is 0.415. The standard InChI is InChI=1S/C18H17NOS/c1-3-16-17(13-7-5-4-6-8-13)19-18(21-16)14-9-11-15(20-2)12-10-14/h4-12H,3H2,1-2H3. The highest BCUT2D eigenvalue weighted by atomic mass is 32.1. The molecule has 0 amide bonds. The van der Waals surface area contributed by atoms with Gasteiger partial charge in [-0.25, -0.2) is 4.98 Å². The van der Waals surface area contributed by atoms with Gasteiger partial charge in [-0.3, -0.25) is 0 Å². The van der Waals surface area contributed by atoms with Crippen LogP contribution in [0.15, 0.2) is 54.6 Å². The summed E-state index contributed by atoms with van der Waals surface area (Å²) in [6.45, 7) is 2.18. The van der Waals surface area contributed by atoms with E-state index in [0.717, 1.165) is 28.4 Å².